The predicted octanol–water partition coefficient (Wildman–Crippen LogP) is 0.287. The first kappa shape index (κ1) is 7.54. The minimum Gasteiger partial charge on any atom is -0.464 e. The van der Waals surface area contributed by atoms with Crippen molar-refractivity contribution in [1.82, 2.24) is 0 Å². The van der Waals surface area contributed by atoms with Crippen molar-refractivity contribution in [2.75, 3.05) is 6.61 Å². The molecule has 0 unspecified atom stereocenters. The number of ether oxygens (including phenoxy) is 1. The zero-order valence-corrected chi connectivity index (χ0v) is 6.17. The van der Waals surface area contributed by atoms with Crippen LogP contribution in [0.25, 0.3) is 0 Å². The van der Waals surface area contributed by atoms with Crippen LogP contribution in [0.3, 0.4) is 0 Å². The molecule has 0 amide bonds. The topological polar surface area (TPSA) is 52.3 Å². The molecule has 10 heavy (non-hydrogen) atoms. The van der Waals surface area contributed by atoms with Gasteiger partial charge in [0.1, 0.15) is 6.61 Å². The Bertz CT molecular complexity index is 136. The summed E-state index contributed by atoms with van der Waals surface area (Å²) in [7, 11) is 0. The summed E-state index contributed by atoms with van der Waals surface area (Å²) in [6.45, 7) is 2.45. The summed E-state index contributed by atoms with van der Waals surface area (Å²) < 4.78 is 4.77. The summed E-state index contributed by atoms with van der Waals surface area (Å²) in [5.41, 5.74) is 5.61. The van der Waals surface area contributed by atoms with Crippen molar-refractivity contribution in [3.05, 3.63) is 0 Å². The molecule has 3 heteroatoms. The second-order valence-corrected chi connectivity index (χ2v) is 2.69. The van der Waals surface area contributed by atoms with Gasteiger partial charge < -0.3 is 10.5 Å². The van der Waals surface area contributed by atoms with E-state index in [1.807, 2.05) is 6.92 Å². The van der Waals surface area contributed by atoms with E-state index >= 15 is 0 Å². The highest BCUT2D eigenvalue weighted by Gasteiger charge is 2.32. The third-order valence-electron chi connectivity index (χ3n) is 1.84. The van der Waals surface area contributed by atoms with Crippen LogP contribution in [0.5, 0.6) is 0 Å². The SMILES string of the molecule is CCC[C@@H]1C(=O)OC[C@@H]1N. The number of nitrogens with two attached hydrogens (primary N) is 1. The summed E-state index contributed by atoms with van der Waals surface area (Å²) in [4.78, 5) is 10.9. The molecule has 0 aromatic rings. The van der Waals surface area contributed by atoms with E-state index in [4.69, 9.17) is 10.5 Å². The molecule has 2 atom stereocenters. The molecule has 0 aliphatic carbocycles. The second-order valence-electron chi connectivity index (χ2n) is 2.69. The minimum absolute atomic E-state index is 0.0370. The molecule has 0 spiro atoms. The molecule has 2 N–H and O–H groups in total. The molecule has 1 aliphatic heterocycles. The van der Waals surface area contributed by atoms with Crippen LogP contribution in [0, 0.1) is 5.92 Å². The molecule has 0 saturated carbocycles. The molecule has 0 radical (unpaired) electrons. The Balaban J connectivity index is 2.46. The fourth-order valence-corrected chi connectivity index (χ4v) is 1.22. The molecule has 1 heterocycles. The minimum atomic E-state index is -0.116. The van der Waals surface area contributed by atoms with Gasteiger partial charge in [-0.1, -0.05) is 13.3 Å². The average molecular weight is 143 g/mol. The number of carbonyl (C=O) groups excluding carboxylic acids is 1. The molecule has 3 nitrogen and oxygen atoms in total. The molecule has 1 saturated heterocycles. The van der Waals surface area contributed by atoms with Gasteiger partial charge in [-0.05, 0) is 6.42 Å². The van der Waals surface area contributed by atoms with Crippen LogP contribution >= 0.6 is 0 Å². The van der Waals surface area contributed by atoms with Crippen LogP contribution < -0.4 is 5.73 Å². The molecule has 0 aromatic carbocycles. The van der Waals surface area contributed by atoms with Gasteiger partial charge in [0.25, 0.3) is 0 Å². The predicted molar refractivity (Wildman–Crippen MR) is 37.3 cm³/mol. The molecule has 0 aromatic heterocycles. The Kier molecular flexibility index (Phi) is 2.27. The molecule has 1 rings (SSSR count). The van der Waals surface area contributed by atoms with E-state index in [9.17, 15) is 4.79 Å². The summed E-state index contributed by atoms with van der Waals surface area (Å²) in [6, 6.07) is -0.0625. The lowest BCUT2D eigenvalue weighted by Crippen LogP contribution is -2.29. The molecular weight excluding hydrogens is 130 g/mol. The maximum absolute atomic E-state index is 10.9. The number of carbonyl (C=O) groups is 1. The monoisotopic (exact) mass is 143 g/mol. The first-order chi connectivity index (χ1) is 4.75. The highest BCUT2D eigenvalue weighted by Crippen LogP contribution is 2.18. The van der Waals surface area contributed by atoms with Gasteiger partial charge in [-0.15, -0.1) is 0 Å². The van der Waals surface area contributed by atoms with E-state index in [1.54, 1.807) is 0 Å². The normalized spacial score (nSPS) is 32.4. The van der Waals surface area contributed by atoms with Gasteiger partial charge in [-0.2, -0.15) is 0 Å². The van der Waals surface area contributed by atoms with Crippen molar-refractivity contribution in [3.63, 3.8) is 0 Å². The van der Waals surface area contributed by atoms with Crippen molar-refractivity contribution in [3.8, 4) is 0 Å². The second kappa shape index (κ2) is 3.01. The number of hydrogen-bond acceptors (Lipinski definition) is 3. The fraction of sp³-hybridized carbons (Fsp3) is 0.857. The average Bonchev–Trinajstić information content (AvgIpc) is 2.20. The van der Waals surface area contributed by atoms with E-state index in [2.05, 4.69) is 0 Å². The first-order valence-corrected chi connectivity index (χ1v) is 3.68. The molecule has 0 bridgehead atoms. The Labute approximate surface area is 60.5 Å². The van der Waals surface area contributed by atoms with E-state index in [0.717, 1.165) is 12.8 Å². The summed E-state index contributed by atoms with van der Waals surface area (Å²) in [5, 5.41) is 0. The van der Waals surface area contributed by atoms with Crippen molar-refractivity contribution >= 4 is 5.97 Å². The number of rotatable bonds is 2. The van der Waals surface area contributed by atoms with Crippen LogP contribution in [0.2, 0.25) is 0 Å². The van der Waals surface area contributed by atoms with Gasteiger partial charge >= 0.3 is 5.97 Å². The lowest BCUT2D eigenvalue weighted by molar-refractivity contribution is -0.141. The maximum atomic E-state index is 10.9. The number of esters is 1. The van der Waals surface area contributed by atoms with Crippen molar-refractivity contribution in [1.29, 1.82) is 0 Å². The van der Waals surface area contributed by atoms with Gasteiger partial charge in [0.2, 0.25) is 0 Å². The van der Waals surface area contributed by atoms with Gasteiger partial charge in [-0.25, -0.2) is 0 Å². The van der Waals surface area contributed by atoms with E-state index in [1.165, 1.54) is 0 Å². The lowest BCUT2D eigenvalue weighted by Gasteiger charge is -2.06. The van der Waals surface area contributed by atoms with E-state index in [-0.39, 0.29) is 17.9 Å². The highest BCUT2D eigenvalue weighted by atomic mass is 16.5. The number of hydrogen-bond donors (Lipinski definition) is 1. The largest absolute Gasteiger partial charge is 0.464 e. The Morgan fingerprint density at radius 1 is 1.80 bits per heavy atom. The first-order valence-electron chi connectivity index (χ1n) is 3.68. The summed E-state index contributed by atoms with van der Waals surface area (Å²) in [5.74, 6) is -0.153. The van der Waals surface area contributed by atoms with Crippen LogP contribution in [0.4, 0.5) is 0 Å². The Hall–Kier alpha value is -0.570. The van der Waals surface area contributed by atoms with Crippen LogP contribution in [-0.2, 0) is 9.53 Å². The van der Waals surface area contributed by atoms with Gasteiger partial charge in [0.05, 0.1) is 12.0 Å². The zero-order chi connectivity index (χ0) is 7.56. The van der Waals surface area contributed by atoms with Crippen LogP contribution in [0.1, 0.15) is 19.8 Å². The Morgan fingerprint density at radius 3 is 2.90 bits per heavy atom. The molecule has 58 valence electrons. The van der Waals surface area contributed by atoms with Gasteiger partial charge in [-0.3, -0.25) is 4.79 Å². The van der Waals surface area contributed by atoms with Gasteiger partial charge in [0.15, 0.2) is 0 Å². The Morgan fingerprint density at radius 2 is 2.50 bits per heavy atom. The van der Waals surface area contributed by atoms with Crippen LogP contribution in [-0.4, -0.2) is 18.6 Å². The lowest BCUT2D eigenvalue weighted by atomic mass is 9.99. The highest BCUT2D eigenvalue weighted by molar-refractivity contribution is 5.75. The zero-order valence-electron chi connectivity index (χ0n) is 6.17. The summed E-state index contributed by atoms with van der Waals surface area (Å²) >= 11 is 0. The van der Waals surface area contributed by atoms with Gasteiger partial charge in [0, 0.05) is 0 Å². The third-order valence-corrected chi connectivity index (χ3v) is 1.84. The van der Waals surface area contributed by atoms with Crippen molar-refractivity contribution in [2.24, 2.45) is 11.7 Å². The molecule has 1 aliphatic rings. The standard InChI is InChI=1S/C7H13NO2/c1-2-3-5-6(8)4-10-7(5)9/h5-6H,2-4,8H2,1H3/t5-,6-/m0/s1. The fourth-order valence-electron chi connectivity index (χ4n) is 1.22. The maximum Gasteiger partial charge on any atom is 0.310 e. The molecular formula is C7H13NO2. The van der Waals surface area contributed by atoms with Crippen molar-refractivity contribution < 1.29 is 9.53 Å². The summed E-state index contributed by atoms with van der Waals surface area (Å²) in [6.07, 6.45) is 1.85. The van der Waals surface area contributed by atoms with E-state index < -0.39 is 0 Å². The number of cyclic esters (lactones) is 1. The molecule has 1 fully saturated rings. The quantitative estimate of drug-likeness (QED) is 0.565. The smallest absolute Gasteiger partial charge is 0.310 e. The van der Waals surface area contributed by atoms with Crippen LogP contribution in [0.15, 0.2) is 0 Å². The van der Waals surface area contributed by atoms with E-state index in [0.29, 0.717) is 6.61 Å². The third kappa shape index (κ3) is 1.29. The van der Waals surface area contributed by atoms with Crippen molar-refractivity contribution in [2.45, 2.75) is 25.8 Å².